The lowest BCUT2D eigenvalue weighted by atomic mass is 10.2. The van der Waals surface area contributed by atoms with E-state index < -0.39 is 0 Å². The molecule has 3 aromatic rings. The molecule has 0 saturated carbocycles. The van der Waals surface area contributed by atoms with E-state index in [-0.39, 0.29) is 6.61 Å². The first-order chi connectivity index (χ1) is 9.76. The van der Waals surface area contributed by atoms with E-state index >= 15 is 0 Å². The standard InChI is InChI=1S/C16H17N3O/c1-11-2-7-14-15(10-11)19-16(18-14)12-3-5-13(6-4-12)17-8-9-20/h2-7,10,17,20H,8-9H2,1H3,(H,18,19). The molecular weight excluding hydrogens is 250 g/mol. The van der Waals surface area contributed by atoms with Crippen LogP contribution >= 0.6 is 0 Å². The van der Waals surface area contributed by atoms with Gasteiger partial charge in [-0.3, -0.25) is 0 Å². The number of benzene rings is 2. The summed E-state index contributed by atoms with van der Waals surface area (Å²) in [6.45, 7) is 2.76. The first-order valence-electron chi connectivity index (χ1n) is 6.68. The van der Waals surface area contributed by atoms with Crippen molar-refractivity contribution < 1.29 is 5.11 Å². The van der Waals surface area contributed by atoms with Gasteiger partial charge in [0.05, 0.1) is 17.6 Å². The number of hydrogen-bond acceptors (Lipinski definition) is 3. The van der Waals surface area contributed by atoms with Crippen molar-refractivity contribution in [3.8, 4) is 11.4 Å². The monoisotopic (exact) mass is 267 g/mol. The minimum Gasteiger partial charge on any atom is -0.395 e. The third kappa shape index (κ3) is 2.51. The van der Waals surface area contributed by atoms with Gasteiger partial charge in [0.2, 0.25) is 0 Å². The largest absolute Gasteiger partial charge is 0.395 e. The normalized spacial score (nSPS) is 10.9. The molecule has 0 atom stereocenters. The molecule has 0 bridgehead atoms. The van der Waals surface area contributed by atoms with Crippen molar-refractivity contribution in [2.75, 3.05) is 18.5 Å². The number of fused-ring (bicyclic) bond motifs is 1. The molecule has 0 unspecified atom stereocenters. The van der Waals surface area contributed by atoms with Crippen LogP contribution in [-0.4, -0.2) is 28.2 Å². The van der Waals surface area contributed by atoms with E-state index in [0.29, 0.717) is 6.54 Å². The Hall–Kier alpha value is -2.33. The lowest BCUT2D eigenvalue weighted by molar-refractivity contribution is 0.311. The molecule has 4 heteroatoms. The summed E-state index contributed by atoms with van der Waals surface area (Å²) in [5.74, 6) is 0.874. The maximum Gasteiger partial charge on any atom is 0.138 e. The Morgan fingerprint density at radius 3 is 2.70 bits per heavy atom. The van der Waals surface area contributed by atoms with Gasteiger partial charge in [-0.1, -0.05) is 6.07 Å². The number of nitrogens with one attached hydrogen (secondary N) is 2. The van der Waals surface area contributed by atoms with Gasteiger partial charge in [0, 0.05) is 17.8 Å². The topological polar surface area (TPSA) is 60.9 Å². The second kappa shape index (κ2) is 5.35. The Kier molecular flexibility index (Phi) is 3.39. The van der Waals surface area contributed by atoms with Crippen molar-refractivity contribution >= 4 is 16.7 Å². The fourth-order valence-electron chi connectivity index (χ4n) is 2.21. The lowest BCUT2D eigenvalue weighted by Gasteiger charge is -2.04. The SMILES string of the molecule is Cc1ccc2nc(-c3ccc(NCCO)cc3)[nH]c2c1. The van der Waals surface area contributed by atoms with Crippen LogP contribution < -0.4 is 5.32 Å². The minimum absolute atomic E-state index is 0.130. The lowest BCUT2D eigenvalue weighted by Crippen LogP contribution is -2.04. The minimum atomic E-state index is 0.130. The highest BCUT2D eigenvalue weighted by molar-refractivity contribution is 5.80. The quantitative estimate of drug-likeness (QED) is 0.681. The number of H-pyrrole nitrogens is 1. The molecule has 102 valence electrons. The number of anilines is 1. The number of aromatic amines is 1. The van der Waals surface area contributed by atoms with Gasteiger partial charge < -0.3 is 15.4 Å². The Bertz CT molecular complexity index is 716. The fraction of sp³-hybridized carbons (Fsp3) is 0.188. The summed E-state index contributed by atoms with van der Waals surface area (Å²) in [4.78, 5) is 7.94. The molecule has 0 spiro atoms. The van der Waals surface area contributed by atoms with Gasteiger partial charge in [-0.15, -0.1) is 0 Å². The number of aromatic nitrogens is 2. The van der Waals surface area contributed by atoms with Crippen LogP contribution in [0, 0.1) is 6.92 Å². The van der Waals surface area contributed by atoms with Crippen molar-refractivity contribution in [3.63, 3.8) is 0 Å². The molecular formula is C16H17N3O. The van der Waals surface area contributed by atoms with Crippen molar-refractivity contribution in [1.29, 1.82) is 0 Å². The molecule has 0 saturated heterocycles. The number of aliphatic hydroxyl groups excluding tert-OH is 1. The van der Waals surface area contributed by atoms with E-state index in [1.807, 2.05) is 30.3 Å². The number of rotatable bonds is 4. The van der Waals surface area contributed by atoms with Crippen LogP contribution in [0.1, 0.15) is 5.56 Å². The molecule has 0 aliphatic rings. The van der Waals surface area contributed by atoms with Crippen LogP contribution in [0.3, 0.4) is 0 Å². The number of nitrogens with zero attached hydrogens (tertiary/aromatic N) is 1. The van der Waals surface area contributed by atoms with E-state index in [9.17, 15) is 0 Å². The summed E-state index contributed by atoms with van der Waals surface area (Å²) in [6, 6.07) is 14.2. The van der Waals surface area contributed by atoms with Gasteiger partial charge in [-0.25, -0.2) is 4.98 Å². The van der Waals surface area contributed by atoms with E-state index in [0.717, 1.165) is 28.1 Å². The first-order valence-corrected chi connectivity index (χ1v) is 6.68. The predicted molar refractivity (Wildman–Crippen MR) is 81.8 cm³/mol. The third-order valence-electron chi connectivity index (χ3n) is 3.24. The Morgan fingerprint density at radius 1 is 1.15 bits per heavy atom. The molecule has 2 aromatic carbocycles. The highest BCUT2D eigenvalue weighted by Crippen LogP contribution is 2.22. The molecule has 0 aliphatic heterocycles. The molecule has 3 rings (SSSR count). The van der Waals surface area contributed by atoms with Crippen LogP contribution in [0.25, 0.3) is 22.4 Å². The molecule has 0 radical (unpaired) electrons. The number of imidazole rings is 1. The highest BCUT2D eigenvalue weighted by Gasteiger charge is 2.05. The Labute approximate surface area is 117 Å². The van der Waals surface area contributed by atoms with E-state index in [1.165, 1.54) is 5.56 Å². The van der Waals surface area contributed by atoms with Gasteiger partial charge in [-0.05, 0) is 48.9 Å². The summed E-state index contributed by atoms with van der Waals surface area (Å²) in [5.41, 5.74) is 5.30. The summed E-state index contributed by atoms with van der Waals surface area (Å²) in [7, 11) is 0. The van der Waals surface area contributed by atoms with Crippen molar-refractivity contribution in [3.05, 3.63) is 48.0 Å². The van der Waals surface area contributed by atoms with Crippen LogP contribution in [0.5, 0.6) is 0 Å². The molecule has 0 fully saturated rings. The van der Waals surface area contributed by atoms with Gasteiger partial charge in [-0.2, -0.15) is 0 Å². The van der Waals surface area contributed by atoms with Crippen LogP contribution in [0.4, 0.5) is 5.69 Å². The van der Waals surface area contributed by atoms with Crippen molar-refractivity contribution in [2.24, 2.45) is 0 Å². The van der Waals surface area contributed by atoms with Crippen molar-refractivity contribution in [2.45, 2.75) is 6.92 Å². The van der Waals surface area contributed by atoms with Crippen LogP contribution in [-0.2, 0) is 0 Å². The Morgan fingerprint density at radius 2 is 1.95 bits per heavy atom. The first kappa shape index (κ1) is 12.7. The highest BCUT2D eigenvalue weighted by atomic mass is 16.3. The molecule has 0 aliphatic carbocycles. The fourth-order valence-corrected chi connectivity index (χ4v) is 2.21. The van der Waals surface area contributed by atoms with Gasteiger partial charge >= 0.3 is 0 Å². The van der Waals surface area contributed by atoms with Gasteiger partial charge in [0.15, 0.2) is 0 Å². The zero-order valence-electron chi connectivity index (χ0n) is 11.4. The smallest absolute Gasteiger partial charge is 0.138 e. The van der Waals surface area contributed by atoms with E-state index in [1.54, 1.807) is 0 Å². The summed E-state index contributed by atoms with van der Waals surface area (Å²) in [5, 5.41) is 11.9. The van der Waals surface area contributed by atoms with E-state index in [4.69, 9.17) is 5.11 Å². The Balaban J connectivity index is 1.90. The number of hydrogen-bond donors (Lipinski definition) is 3. The van der Waals surface area contributed by atoms with Gasteiger partial charge in [0.25, 0.3) is 0 Å². The molecule has 0 amide bonds. The maximum absolute atomic E-state index is 8.79. The van der Waals surface area contributed by atoms with Crippen molar-refractivity contribution in [1.82, 2.24) is 9.97 Å². The molecule has 3 N–H and O–H groups in total. The molecule has 20 heavy (non-hydrogen) atoms. The number of aliphatic hydroxyl groups is 1. The average Bonchev–Trinajstić information content (AvgIpc) is 2.88. The summed E-state index contributed by atoms with van der Waals surface area (Å²) < 4.78 is 0. The summed E-state index contributed by atoms with van der Waals surface area (Å²) in [6.07, 6.45) is 0. The predicted octanol–water partition coefficient (Wildman–Crippen LogP) is 2.94. The van der Waals surface area contributed by atoms with Crippen LogP contribution in [0.2, 0.25) is 0 Å². The zero-order chi connectivity index (χ0) is 13.9. The van der Waals surface area contributed by atoms with Crippen LogP contribution in [0.15, 0.2) is 42.5 Å². The zero-order valence-corrected chi connectivity index (χ0v) is 11.4. The summed E-state index contributed by atoms with van der Waals surface area (Å²) >= 11 is 0. The molecule has 4 nitrogen and oxygen atoms in total. The number of aryl methyl sites for hydroxylation is 1. The molecule has 1 heterocycles. The van der Waals surface area contributed by atoms with Gasteiger partial charge in [0.1, 0.15) is 5.82 Å². The second-order valence-electron chi connectivity index (χ2n) is 4.83. The maximum atomic E-state index is 8.79. The molecule has 1 aromatic heterocycles. The van der Waals surface area contributed by atoms with E-state index in [2.05, 4.69) is 34.3 Å². The third-order valence-corrected chi connectivity index (χ3v) is 3.24. The average molecular weight is 267 g/mol. The second-order valence-corrected chi connectivity index (χ2v) is 4.83.